The van der Waals surface area contributed by atoms with E-state index in [9.17, 15) is 9.18 Å². The minimum Gasteiger partial charge on any atom is -0.477 e. The molecule has 0 fully saturated rings. The summed E-state index contributed by atoms with van der Waals surface area (Å²) in [6.07, 6.45) is -0.547. The fraction of sp³-hybridized carbons (Fsp3) is 0.875. The Balaban J connectivity index is 3.25. The summed E-state index contributed by atoms with van der Waals surface area (Å²) in [5, 5.41) is 8.09. The van der Waals surface area contributed by atoms with E-state index in [0.29, 0.717) is 12.3 Å². The van der Waals surface area contributed by atoms with Crippen LogP contribution in [0.5, 0.6) is 0 Å². The number of aliphatic carboxylic acids is 1. The number of ether oxygens (including phenoxy) is 1. The molecule has 0 heterocycles. The van der Waals surface area contributed by atoms with Gasteiger partial charge in [-0.3, -0.25) is 0 Å². The van der Waals surface area contributed by atoms with Crippen LogP contribution in [0.4, 0.5) is 4.39 Å². The predicted octanol–water partition coefficient (Wildman–Crippen LogP) is 1.82. The van der Waals surface area contributed by atoms with Crippen molar-refractivity contribution in [3.63, 3.8) is 0 Å². The Labute approximate surface area is 71.5 Å². The Hall–Kier alpha value is -0.640. The lowest BCUT2D eigenvalue weighted by atomic mass is 10.1. The quantitative estimate of drug-likeness (QED) is 0.631. The second kappa shape index (κ2) is 5.94. The van der Waals surface area contributed by atoms with Gasteiger partial charge in [-0.25, -0.2) is 9.18 Å². The van der Waals surface area contributed by atoms with E-state index in [0.717, 1.165) is 6.42 Å². The normalized spacial score (nSPS) is 13.3. The van der Waals surface area contributed by atoms with Crippen LogP contribution in [0.25, 0.3) is 0 Å². The van der Waals surface area contributed by atoms with Crippen LogP contribution >= 0.6 is 0 Å². The highest BCUT2D eigenvalue weighted by Crippen LogP contribution is 2.04. The molecule has 0 amide bonds. The van der Waals surface area contributed by atoms with Crippen LogP contribution in [0.3, 0.4) is 0 Å². The van der Waals surface area contributed by atoms with E-state index < -0.39 is 12.3 Å². The molecule has 1 unspecified atom stereocenters. The van der Waals surface area contributed by atoms with Crippen molar-refractivity contribution in [3.05, 3.63) is 0 Å². The van der Waals surface area contributed by atoms with Crippen LogP contribution in [0.2, 0.25) is 0 Å². The molecule has 3 nitrogen and oxygen atoms in total. The van der Waals surface area contributed by atoms with Gasteiger partial charge in [0.1, 0.15) is 0 Å². The predicted molar refractivity (Wildman–Crippen MR) is 42.6 cm³/mol. The zero-order valence-corrected chi connectivity index (χ0v) is 7.42. The fourth-order valence-electron chi connectivity index (χ4n) is 0.750. The molecule has 0 radical (unpaired) electrons. The summed E-state index contributed by atoms with van der Waals surface area (Å²) < 4.78 is 16.6. The largest absolute Gasteiger partial charge is 0.477 e. The van der Waals surface area contributed by atoms with E-state index in [1.54, 1.807) is 0 Å². The first-order valence-corrected chi connectivity index (χ1v) is 4.02. The van der Waals surface area contributed by atoms with Gasteiger partial charge in [0.05, 0.1) is 6.61 Å². The van der Waals surface area contributed by atoms with Crippen molar-refractivity contribution < 1.29 is 19.0 Å². The molecule has 0 bridgehead atoms. The molecule has 0 aromatic heterocycles. The van der Waals surface area contributed by atoms with Gasteiger partial charge in [0.25, 0.3) is 6.36 Å². The molecule has 0 aromatic carbocycles. The third kappa shape index (κ3) is 6.09. The SMILES string of the molecule is CC(C)CCCOC(F)C(=O)O. The lowest BCUT2D eigenvalue weighted by molar-refractivity contribution is -0.163. The standard InChI is InChI=1S/C8H15FO3/c1-6(2)4-3-5-12-7(9)8(10)11/h6-7H,3-5H2,1-2H3,(H,10,11). The first-order chi connectivity index (χ1) is 5.54. The molecule has 1 N–H and O–H groups in total. The highest BCUT2D eigenvalue weighted by Gasteiger charge is 2.14. The van der Waals surface area contributed by atoms with Gasteiger partial charge in [0.2, 0.25) is 0 Å². The number of hydrogen-bond acceptors (Lipinski definition) is 2. The number of halogens is 1. The highest BCUT2D eigenvalue weighted by atomic mass is 19.1. The number of carbonyl (C=O) groups is 1. The number of carboxylic acid groups (broad SMARTS) is 1. The minimum absolute atomic E-state index is 0.172. The molecule has 0 spiro atoms. The highest BCUT2D eigenvalue weighted by molar-refractivity contribution is 5.70. The Morgan fingerprint density at radius 3 is 2.58 bits per heavy atom. The first kappa shape index (κ1) is 11.4. The van der Waals surface area contributed by atoms with E-state index >= 15 is 0 Å². The number of carboxylic acids is 1. The third-order valence-corrected chi connectivity index (χ3v) is 1.38. The fourth-order valence-corrected chi connectivity index (χ4v) is 0.750. The lowest BCUT2D eigenvalue weighted by Gasteiger charge is -2.06. The molecule has 0 aliphatic carbocycles. The smallest absolute Gasteiger partial charge is 0.366 e. The average molecular weight is 178 g/mol. The molecular formula is C8H15FO3. The van der Waals surface area contributed by atoms with E-state index in [4.69, 9.17) is 5.11 Å². The summed E-state index contributed by atoms with van der Waals surface area (Å²) in [6, 6.07) is 0. The van der Waals surface area contributed by atoms with Gasteiger partial charge in [0.15, 0.2) is 0 Å². The molecule has 72 valence electrons. The Morgan fingerprint density at radius 1 is 1.58 bits per heavy atom. The Kier molecular flexibility index (Phi) is 5.62. The van der Waals surface area contributed by atoms with Gasteiger partial charge in [-0.15, -0.1) is 0 Å². The lowest BCUT2D eigenvalue weighted by Crippen LogP contribution is -2.18. The van der Waals surface area contributed by atoms with Crippen molar-refractivity contribution in [1.29, 1.82) is 0 Å². The summed E-state index contributed by atoms with van der Waals surface area (Å²) >= 11 is 0. The Morgan fingerprint density at radius 2 is 2.17 bits per heavy atom. The van der Waals surface area contributed by atoms with Crippen molar-refractivity contribution in [2.45, 2.75) is 33.0 Å². The van der Waals surface area contributed by atoms with Gasteiger partial charge in [-0.05, 0) is 18.8 Å². The number of hydrogen-bond donors (Lipinski definition) is 1. The maximum absolute atomic E-state index is 12.2. The zero-order valence-electron chi connectivity index (χ0n) is 7.42. The van der Waals surface area contributed by atoms with E-state index in [1.165, 1.54) is 0 Å². The Bertz CT molecular complexity index is 136. The first-order valence-electron chi connectivity index (χ1n) is 4.02. The summed E-state index contributed by atoms with van der Waals surface area (Å²) in [5.41, 5.74) is 0. The van der Waals surface area contributed by atoms with Gasteiger partial charge >= 0.3 is 5.97 Å². The van der Waals surface area contributed by atoms with Crippen LogP contribution in [0, 0.1) is 5.92 Å². The van der Waals surface area contributed by atoms with Crippen molar-refractivity contribution in [3.8, 4) is 0 Å². The van der Waals surface area contributed by atoms with E-state index in [2.05, 4.69) is 4.74 Å². The molecule has 0 aliphatic heterocycles. The van der Waals surface area contributed by atoms with Crippen molar-refractivity contribution in [1.82, 2.24) is 0 Å². The molecule has 0 aromatic rings. The zero-order chi connectivity index (χ0) is 9.56. The molecule has 1 atom stereocenters. The summed E-state index contributed by atoms with van der Waals surface area (Å²) in [7, 11) is 0. The number of rotatable bonds is 6. The van der Waals surface area contributed by atoms with Crippen LogP contribution in [0.15, 0.2) is 0 Å². The molecule has 0 saturated heterocycles. The van der Waals surface area contributed by atoms with Gasteiger partial charge in [-0.2, -0.15) is 0 Å². The van der Waals surface area contributed by atoms with Crippen LogP contribution in [0.1, 0.15) is 26.7 Å². The summed E-state index contributed by atoms with van der Waals surface area (Å²) in [4.78, 5) is 9.93. The van der Waals surface area contributed by atoms with Gasteiger partial charge in [-0.1, -0.05) is 13.8 Å². The average Bonchev–Trinajstić information content (AvgIpc) is 1.97. The van der Waals surface area contributed by atoms with E-state index in [-0.39, 0.29) is 6.61 Å². The minimum atomic E-state index is -2.17. The van der Waals surface area contributed by atoms with Gasteiger partial charge in [0, 0.05) is 0 Å². The van der Waals surface area contributed by atoms with Crippen LogP contribution in [-0.4, -0.2) is 24.0 Å². The molecule has 0 aliphatic rings. The summed E-state index contributed by atoms with van der Waals surface area (Å²) in [6.45, 7) is 4.26. The number of alkyl halides is 1. The van der Waals surface area contributed by atoms with Crippen LogP contribution in [-0.2, 0) is 9.53 Å². The van der Waals surface area contributed by atoms with E-state index in [1.807, 2.05) is 13.8 Å². The van der Waals surface area contributed by atoms with Crippen molar-refractivity contribution in [2.75, 3.05) is 6.61 Å². The van der Waals surface area contributed by atoms with Gasteiger partial charge < -0.3 is 9.84 Å². The molecular weight excluding hydrogens is 163 g/mol. The summed E-state index contributed by atoms with van der Waals surface area (Å²) in [5.74, 6) is -1.02. The molecule has 12 heavy (non-hydrogen) atoms. The molecule has 0 rings (SSSR count). The maximum Gasteiger partial charge on any atom is 0.366 e. The van der Waals surface area contributed by atoms with Crippen molar-refractivity contribution in [2.24, 2.45) is 5.92 Å². The van der Waals surface area contributed by atoms with Crippen LogP contribution < -0.4 is 0 Å². The molecule has 4 heteroatoms. The second-order valence-electron chi connectivity index (χ2n) is 3.06. The topological polar surface area (TPSA) is 46.5 Å². The maximum atomic E-state index is 12.2. The third-order valence-electron chi connectivity index (χ3n) is 1.38. The monoisotopic (exact) mass is 178 g/mol. The molecule has 0 saturated carbocycles. The second-order valence-corrected chi connectivity index (χ2v) is 3.06. The van der Waals surface area contributed by atoms with Crippen molar-refractivity contribution >= 4 is 5.97 Å².